The number of allylic oxidation sites excluding steroid dienone is 4. The Labute approximate surface area is 532 Å². The molecule has 0 fully saturated rings. The molecule has 0 saturated carbocycles. The van der Waals surface area contributed by atoms with Crippen LogP contribution in [0.1, 0.15) is 444 Å². The highest BCUT2D eigenvalue weighted by atomic mass is 16.5. The van der Waals surface area contributed by atoms with Crippen molar-refractivity contribution in [2.24, 2.45) is 0 Å². The van der Waals surface area contributed by atoms with Crippen molar-refractivity contribution in [1.29, 1.82) is 0 Å². The van der Waals surface area contributed by atoms with E-state index in [0.29, 0.717) is 25.9 Å². The van der Waals surface area contributed by atoms with Crippen molar-refractivity contribution >= 4 is 11.9 Å². The molecule has 0 radical (unpaired) electrons. The fraction of sp³-hybridized carbons (Fsp3) is 0.924. The van der Waals surface area contributed by atoms with E-state index in [2.05, 4.69) is 43.5 Å². The predicted octanol–water partition coefficient (Wildman–Crippen LogP) is 25.7. The third kappa shape index (κ3) is 71.3. The molecule has 1 amide bonds. The molecule has 0 saturated heterocycles. The number of amides is 1. The van der Waals surface area contributed by atoms with E-state index in [9.17, 15) is 19.8 Å². The van der Waals surface area contributed by atoms with Gasteiger partial charge in [-0.3, -0.25) is 9.59 Å². The number of carbonyl (C=O) groups is 2. The summed E-state index contributed by atoms with van der Waals surface area (Å²) in [5.41, 5.74) is 0. The molecule has 0 aromatic carbocycles. The molecule has 0 aliphatic rings. The second-order valence-electron chi connectivity index (χ2n) is 27.0. The Kier molecular flexibility index (Phi) is 73.3. The molecule has 0 aliphatic heterocycles. The van der Waals surface area contributed by atoms with Crippen molar-refractivity contribution in [2.75, 3.05) is 13.2 Å². The molecule has 0 aliphatic carbocycles. The number of aliphatic hydroxyl groups is 2. The van der Waals surface area contributed by atoms with Crippen molar-refractivity contribution in [3.05, 3.63) is 24.3 Å². The van der Waals surface area contributed by atoms with Gasteiger partial charge in [-0.05, 0) is 77.0 Å². The number of hydrogen-bond acceptors (Lipinski definition) is 5. The first-order valence-corrected chi connectivity index (χ1v) is 39.1. The lowest BCUT2D eigenvalue weighted by Crippen LogP contribution is -2.45. The van der Waals surface area contributed by atoms with Crippen LogP contribution in [0.15, 0.2) is 24.3 Å². The van der Waals surface area contributed by atoms with Crippen LogP contribution in [0.2, 0.25) is 0 Å². The molecular formula is C79H153NO5. The minimum atomic E-state index is -0.661. The van der Waals surface area contributed by atoms with Gasteiger partial charge in [0.1, 0.15) is 0 Å². The van der Waals surface area contributed by atoms with Gasteiger partial charge in [0.2, 0.25) is 5.91 Å². The summed E-state index contributed by atoms with van der Waals surface area (Å²) in [6.07, 6.45) is 95.6. The van der Waals surface area contributed by atoms with Gasteiger partial charge < -0.3 is 20.3 Å². The first kappa shape index (κ1) is 83.3. The Morgan fingerprint density at radius 2 is 0.553 bits per heavy atom. The molecule has 0 heterocycles. The van der Waals surface area contributed by atoms with Crippen molar-refractivity contribution < 1.29 is 24.5 Å². The summed E-state index contributed by atoms with van der Waals surface area (Å²) in [7, 11) is 0. The summed E-state index contributed by atoms with van der Waals surface area (Å²) in [6, 6.07) is -0.538. The van der Waals surface area contributed by atoms with E-state index < -0.39 is 12.1 Å². The molecule has 0 aromatic heterocycles. The maximum Gasteiger partial charge on any atom is 0.305 e. The normalized spacial score (nSPS) is 12.6. The number of carbonyl (C=O) groups excluding carboxylic acids is 2. The molecule has 0 spiro atoms. The van der Waals surface area contributed by atoms with Gasteiger partial charge in [-0.25, -0.2) is 0 Å². The van der Waals surface area contributed by atoms with Gasteiger partial charge in [-0.15, -0.1) is 0 Å². The van der Waals surface area contributed by atoms with Crippen LogP contribution in [0, 0.1) is 0 Å². The first-order valence-electron chi connectivity index (χ1n) is 39.1. The molecule has 6 nitrogen and oxygen atoms in total. The molecule has 504 valence electrons. The number of esters is 1. The largest absolute Gasteiger partial charge is 0.466 e. The van der Waals surface area contributed by atoms with Gasteiger partial charge in [0.25, 0.3) is 0 Å². The second-order valence-corrected chi connectivity index (χ2v) is 27.0. The average Bonchev–Trinajstić information content (AvgIpc) is 3.52. The van der Waals surface area contributed by atoms with Crippen LogP contribution >= 0.6 is 0 Å². The van der Waals surface area contributed by atoms with Crippen molar-refractivity contribution in [3.8, 4) is 0 Å². The van der Waals surface area contributed by atoms with Crippen LogP contribution in [-0.4, -0.2) is 47.4 Å². The molecule has 3 N–H and O–H groups in total. The van der Waals surface area contributed by atoms with Gasteiger partial charge in [0.15, 0.2) is 0 Å². The number of rotatable bonds is 74. The minimum Gasteiger partial charge on any atom is -0.466 e. The Bertz CT molecular complexity index is 1330. The summed E-state index contributed by atoms with van der Waals surface area (Å²) in [6.45, 7) is 4.99. The third-order valence-electron chi connectivity index (χ3n) is 18.5. The minimum absolute atomic E-state index is 0.0149. The lowest BCUT2D eigenvalue weighted by Gasteiger charge is -2.22. The lowest BCUT2D eigenvalue weighted by molar-refractivity contribution is -0.143. The van der Waals surface area contributed by atoms with Crippen LogP contribution in [0.3, 0.4) is 0 Å². The van der Waals surface area contributed by atoms with Gasteiger partial charge in [-0.2, -0.15) is 0 Å². The Hall–Kier alpha value is -1.66. The summed E-state index contributed by atoms with van der Waals surface area (Å²) in [5, 5.41) is 23.4. The highest BCUT2D eigenvalue weighted by Gasteiger charge is 2.20. The highest BCUT2D eigenvalue weighted by Crippen LogP contribution is 2.20. The number of ether oxygens (including phenoxy) is 1. The summed E-state index contributed by atoms with van der Waals surface area (Å²) >= 11 is 0. The number of nitrogens with one attached hydrogen (secondary N) is 1. The monoisotopic (exact) mass is 1200 g/mol. The van der Waals surface area contributed by atoms with Crippen LogP contribution in [-0.2, 0) is 14.3 Å². The topological polar surface area (TPSA) is 95.9 Å². The number of unbranched alkanes of at least 4 members (excludes halogenated alkanes) is 59. The lowest BCUT2D eigenvalue weighted by atomic mass is 10.0. The maximum atomic E-state index is 12.5. The zero-order chi connectivity index (χ0) is 61.3. The van der Waals surface area contributed by atoms with Crippen LogP contribution in [0.5, 0.6) is 0 Å². The van der Waals surface area contributed by atoms with E-state index in [1.54, 1.807) is 0 Å². The van der Waals surface area contributed by atoms with Crippen LogP contribution in [0.4, 0.5) is 0 Å². The molecule has 2 atom stereocenters. The van der Waals surface area contributed by atoms with Gasteiger partial charge in [0, 0.05) is 12.8 Å². The average molecular weight is 1200 g/mol. The second kappa shape index (κ2) is 74.8. The Morgan fingerprint density at radius 3 is 0.835 bits per heavy atom. The smallest absolute Gasteiger partial charge is 0.305 e. The van der Waals surface area contributed by atoms with E-state index in [1.165, 1.54) is 366 Å². The molecule has 6 heteroatoms. The standard InChI is InChI=1S/C79H153NO5/c1-3-5-7-9-11-13-15-17-19-45-49-53-57-61-65-69-73-79(84)85-74-70-66-62-58-54-50-46-42-40-38-36-34-32-30-28-26-24-22-20-21-23-25-27-29-31-33-35-37-39-41-44-48-52-56-60-64-68-72-78(83)80-76(75-81)77(82)71-67-63-59-55-51-47-43-18-16-14-12-10-8-6-4-2/h19-20,22,45,76-77,81-82H,3-18,21,23-44,46-75H2,1-2H3,(H,80,83)/b22-20-,45-19-. The maximum absolute atomic E-state index is 12.5. The Morgan fingerprint density at radius 1 is 0.318 bits per heavy atom. The van der Waals surface area contributed by atoms with E-state index in [4.69, 9.17) is 4.74 Å². The molecule has 2 unspecified atom stereocenters. The third-order valence-corrected chi connectivity index (χ3v) is 18.5. The summed E-state index contributed by atoms with van der Waals surface area (Å²) in [4.78, 5) is 24.6. The van der Waals surface area contributed by atoms with Gasteiger partial charge in [-0.1, -0.05) is 378 Å². The first-order chi connectivity index (χ1) is 42.0. The molecular weight excluding hydrogens is 1040 g/mol. The van der Waals surface area contributed by atoms with Crippen LogP contribution in [0.25, 0.3) is 0 Å². The van der Waals surface area contributed by atoms with E-state index in [-0.39, 0.29) is 18.5 Å². The fourth-order valence-electron chi connectivity index (χ4n) is 12.5. The number of aliphatic hydroxyl groups excluding tert-OH is 2. The fourth-order valence-corrected chi connectivity index (χ4v) is 12.5. The SMILES string of the molecule is CCCCCCCCC/C=C\CCCCCCCC(=O)OCCCCCCCCCCCCCCCCCC/C=C\CCCCCCCCCCCCCCCCCCCC(=O)NC(CO)C(O)CCCCCCCCCCCCCCCCC. The zero-order valence-corrected chi connectivity index (χ0v) is 57.9. The highest BCUT2D eigenvalue weighted by molar-refractivity contribution is 5.76. The van der Waals surface area contributed by atoms with Crippen molar-refractivity contribution in [1.82, 2.24) is 5.32 Å². The van der Waals surface area contributed by atoms with Crippen molar-refractivity contribution in [2.45, 2.75) is 456 Å². The summed E-state index contributed by atoms with van der Waals surface area (Å²) < 4.78 is 5.50. The van der Waals surface area contributed by atoms with E-state index in [0.717, 1.165) is 44.9 Å². The molecule has 85 heavy (non-hydrogen) atoms. The number of hydrogen-bond donors (Lipinski definition) is 3. The van der Waals surface area contributed by atoms with Crippen molar-refractivity contribution in [3.63, 3.8) is 0 Å². The molecule has 0 aromatic rings. The predicted molar refractivity (Wildman–Crippen MR) is 375 cm³/mol. The Balaban J connectivity index is 3.32. The van der Waals surface area contributed by atoms with E-state index >= 15 is 0 Å². The van der Waals surface area contributed by atoms with Crippen LogP contribution < -0.4 is 5.32 Å². The van der Waals surface area contributed by atoms with E-state index in [1.807, 2.05) is 0 Å². The van der Waals surface area contributed by atoms with Gasteiger partial charge in [0.05, 0.1) is 25.4 Å². The molecule has 0 bridgehead atoms. The molecule has 0 rings (SSSR count). The zero-order valence-electron chi connectivity index (χ0n) is 57.9. The quantitative estimate of drug-likeness (QED) is 0.0320. The summed E-state index contributed by atoms with van der Waals surface area (Å²) in [5.74, 6) is -0.0126. The van der Waals surface area contributed by atoms with Gasteiger partial charge >= 0.3 is 5.97 Å².